The minimum Gasteiger partial charge on any atom is -0.493 e. The molecule has 2 aliphatic rings. The number of carbonyl (C=O) groups is 1. The van der Waals surface area contributed by atoms with Gasteiger partial charge in [-0.2, -0.15) is 0 Å². The van der Waals surface area contributed by atoms with Gasteiger partial charge in [0.2, 0.25) is 0 Å². The number of carbonyl (C=O) groups excluding carboxylic acids is 1. The molecular weight excluding hydrogens is 392 g/mol. The van der Waals surface area contributed by atoms with Crippen molar-refractivity contribution >= 4 is 22.6 Å². The van der Waals surface area contributed by atoms with E-state index >= 15 is 0 Å². The van der Waals surface area contributed by atoms with E-state index in [1.165, 1.54) is 12.8 Å². The maximum absolute atomic E-state index is 12.6. The van der Waals surface area contributed by atoms with Crippen LogP contribution in [0.4, 0.5) is 5.82 Å². The van der Waals surface area contributed by atoms with Gasteiger partial charge in [-0.25, -0.2) is 9.78 Å². The third-order valence-corrected chi connectivity index (χ3v) is 6.43. The van der Waals surface area contributed by atoms with Crippen LogP contribution >= 0.6 is 0 Å². The molecule has 0 radical (unpaired) electrons. The second kappa shape index (κ2) is 7.76. The molecule has 6 nitrogen and oxygen atoms in total. The van der Waals surface area contributed by atoms with Crippen LogP contribution in [-0.4, -0.2) is 38.3 Å². The Morgan fingerprint density at radius 2 is 1.77 bits per heavy atom. The maximum Gasteiger partial charge on any atom is 0.339 e. The van der Waals surface area contributed by atoms with Crippen molar-refractivity contribution < 1.29 is 19.0 Å². The average Bonchev–Trinajstić information content (AvgIpc) is 3.17. The molecule has 160 valence electrons. The van der Waals surface area contributed by atoms with Gasteiger partial charge >= 0.3 is 5.97 Å². The minimum absolute atomic E-state index is 0.281. The number of hydrogen-bond acceptors (Lipinski definition) is 6. The lowest BCUT2D eigenvalue weighted by atomic mass is 9.91. The summed E-state index contributed by atoms with van der Waals surface area (Å²) in [4.78, 5) is 19.7. The van der Waals surface area contributed by atoms with E-state index in [0.29, 0.717) is 17.1 Å². The van der Waals surface area contributed by atoms with Gasteiger partial charge in [-0.3, -0.25) is 0 Å². The van der Waals surface area contributed by atoms with Gasteiger partial charge in [0.15, 0.2) is 11.5 Å². The highest BCUT2D eigenvalue weighted by atomic mass is 16.5. The summed E-state index contributed by atoms with van der Waals surface area (Å²) in [5.74, 6) is 2.73. The fourth-order valence-electron chi connectivity index (χ4n) is 4.61. The number of anilines is 1. The molecule has 6 heteroatoms. The molecule has 3 heterocycles. The van der Waals surface area contributed by atoms with Gasteiger partial charge in [0.1, 0.15) is 12.4 Å². The molecular formula is C25H26N2O4. The summed E-state index contributed by atoms with van der Waals surface area (Å²) in [6, 6.07) is 9.97. The van der Waals surface area contributed by atoms with Crippen LogP contribution in [0.3, 0.4) is 0 Å². The second-order valence-corrected chi connectivity index (χ2v) is 8.36. The fourth-order valence-corrected chi connectivity index (χ4v) is 4.61. The summed E-state index contributed by atoms with van der Waals surface area (Å²) in [6.07, 6.45) is 4.24. The number of aromatic nitrogens is 1. The molecule has 3 aromatic rings. The average molecular weight is 418 g/mol. The predicted octanol–water partition coefficient (Wildman–Crippen LogP) is 4.83. The largest absolute Gasteiger partial charge is 0.493 e. The standard InChI is InChI=1S/C25H26N2O4/c1-15-6-8-27(9-7-15)22-5-4-16(13-26-22)23-19-12-21(30-3)20(29-2)11-17(19)10-18-14-31-25(28)24(18)23/h4-5,10-13,15H,6-9,14H2,1-3H3. The summed E-state index contributed by atoms with van der Waals surface area (Å²) in [5.41, 5.74) is 3.22. The Morgan fingerprint density at radius 1 is 1.03 bits per heavy atom. The van der Waals surface area contributed by atoms with E-state index < -0.39 is 0 Å². The first-order chi connectivity index (χ1) is 15.1. The molecule has 1 saturated heterocycles. The van der Waals surface area contributed by atoms with Gasteiger partial charge in [-0.15, -0.1) is 0 Å². The Bertz CT molecular complexity index is 1150. The Hall–Kier alpha value is -3.28. The number of hydrogen-bond donors (Lipinski definition) is 0. The SMILES string of the molecule is COc1cc2cc3c(c(-c4ccc(N5CCC(C)CC5)nc4)c2cc1OC)C(=O)OC3. The zero-order valence-electron chi connectivity index (χ0n) is 18.1. The first-order valence-corrected chi connectivity index (χ1v) is 10.7. The van der Waals surface area contributed by atoms with Crippen molar-refractivity contribution in [3.63, 3.8) is 0 Å². The van der Waals surface area contributed by atoms with Crippen molar-refractivity contribution in [2.24, 2.45) is 5.92 Å². The number of rotatable bonds is 4. The number of esters is 1. The molecule has 0 atom stereocenters. The number of nitrogens with zero attached hydrogens (tertiary/aromatic N) is 2. The van der Waals surface area contributed by atoms with Crippen LogP contribution in [0.15, 0.2) is 36.5 Å². The highest BCUT2D eigenvalue weighted by Gasteiger charge is 2.28. The maximum atomic E-state index is 12.6. The zero-order chi connectivity index (χ0) is 21.5. The monoisotopic (exact) mass is 418 g/mol. The molecule has 0 spiro atoms. The number of cyclic esters (lactones) is 1. The summed E-state index contributed by atoms with van der Waals surface area (Å²) in [7, 11) is 3.23. The lowest BCUT2D eigenvalue weighted by molar-refractivity contribution is 0.0535. The third-order valence-electron chi connectivity index (χ3n) is 6.43. The lowest BCUT2D eigenvalue weighted by Crippen LogP contribution is -2.33. The normalized spacial score (nSPS) is 16.4. The molecule has 1 aromatic heterocycles. The van der Waals surface area contributed by atoms with Crippen molar-refractivity contribution in [1.29, 1.82) is 0 Å². The van der Waals surface area contributed by atoms with E-state index in [1.54, 1.807) is 14.2 Å². The van der Waals surface area contributed by atoms with Crippen LogP contribution in [0.25, 0.3) is 21.9 Å². The Labute approximate surface area is 181 Å². The van der Waals surface area contributed by atoms with Crippen LogP contribution in [0, 0.1) is 5.92 Å². The number of piperidine rings is 1. The van der Waals surface area contributed by atoms with Crippen LogP contribution < -0.4 is 14.4 Å². The first kappa shape index (κ1) is 19.7. The summed E-state index contributed by atoms with van der Waals surface area (Å²) in [6.45, 7) is 4.64. The molecule has 31 heavy (non-hydrogen) atoms. The number of fused-ring (bicyclic) bond motifs is 2. The summed E-state index contributed by atoms with van der Waals surface area (Å²) >= 11 is 0. The Balaban J connectivity index is 1.64. The van der Waals surface area contributed by atoms with Crippen LogP contribution in [0.1, 0.15) is 35.7 Å². The molecule has 1 fully saturated rings. The molecule has 0 N–H and O–H groups in total. The Morgan fingerprint density at radius 3 is 2.45 bits per heavy atom. The highest BCUT2D eigenvalue weighted by Crippen LogP contribution is 2.42. The van der Waals surface area contributed by atoms with Gasteiger partial charge in [-0.1, -0.05) is 6.92 Å². The van der Waals surface area contributed by atoms with Crippen molar-refractivity contribution in [2.75, 3.05) is 32.2 Å². The molecule has 0 amide bonds. The van der Waals surface area contributed by atoms with Crippen molar-refractivity contribution in [2.45, 2.75) is 26.4 Å². The van der Waals surface area contributed by atoms with Gasteiger partial charge < -0.3 is 19.1 Å². The van der Waals surface area contributed by atoms with Crippen molar-refractivity contribution in [1.82, 2.24) is 4.98 Å². The van der Waals surface area contributed by atoms with Crippen LogP contribution in [0.5, 0.6) is 11.5 Å². The lowest BCUT2D eigenvalue weighted by Gasteiger charge is -2.31. The molecule has 2 aromatic carbocycles. The van der Waals surface area contributed by atoms with Crippen molar-refractivity contribution in [3.8, 4) is 22.6 Å². The van der Waals surface area contributed by atoms with Crippen molar-refractivity contribution in [3.05, 3.63) is 47.7 Å². The topological polar surface area (TPSA) is 60.9 Å². The van der Waals surface area contributed by atoms with Gasteiger partial charge in [0.25, 0.3) is 0 Å². The summed E-state index contributed by atoms with van der Waals surface area (Å²) in [5, 5.41) is 1.88. The molecule has 2 aliphatic heterocycles. The van der Waals surface area contributed by atoms with Crippen LogP contribution in [-0.2, 0) is 11.3 Å². The first-order valence-electron chi connectivity index (χ1n) is 10.7. The van der Waals surface area contributed by atoms with Crippen LogP contribution in [0.2, 0.25) is 0 Å². The number of ether oxygens (including phenoxy) is 3. The molecule has 5 rings (SSSR count). The van der Waals surface area contributed by atoms with Gasteiger partial charge in [0.05, 0.1) is 19.8 Å². The molecule has 0 unspecified atom stereocenters. The van der Waals surface area contributed by atoms with E-state index in [-0.39, 0.29) is 12.6 Å². The zero-order valence-corrected chi connectivity index (χ0v) is 18.1. The van der Waals surface area contributed by atoms with E-state index in [2.05, 4.69) is 24.0 Å². The fraction of sp³-hybridized carbons (Fsp3) is 0.360. The van der Waals surface area contributed by atoms with Gasteiger partial charge in [-0.05, 0) is 59.9 Å². The molecule has 0 saturated carbocycles. The number of benzene rings is 2. The molecule has 0 aliphatic carbocycles. The van der Waals surface area contributed by atoms with E-state index in [9.17, 15) is 4.79 Å². The van der Waals surface area contributed by atoms with Gasteiger partial charge in [0, 0.05) is 36.0 Å². The number of methoxy groups -OCH3 is 2. The predicted molar refractivity (Wildman–Crippen MR) is 120 cm³/mol. The Kier molecular flexibility index (Phi) is 4.93. The minimum atomic E-state index is -0.296. The second-order valence-electron chi connectivity index (χ2n) is 8.36. The molecule has 0 bridgehead atoms. The smallest absolute Gasteiger partial charge is 0.339 e. The van der Waals surface area contributed by atoms with E-state index in [1.807, 2.05) is 24.4 Å². The highest BCUT2D eigenvalue weighted by molar-refractivity contribution is 6.11. The quantitative estimate of drug-likeness (QED) is 0.566. The number of pyridine rings is 1. The van der Waals surface area contributed by atoms with E-state index in [4.69, 9.17) is 19.2 Å². The third kappa shape index (κ3) is 3.36. The summed E-state index contributed by atoms with van der Waals surface area (Å²) < 4.78 is 16.4. The van der Waals surface area contributed by atoms with E-state index in [0.717, 1.165) is 52.3 Å².